The maximum atomic E-state index is 10.6. The van der Waals surface area contributed by atoms with Gasteiger partial charge in [-0.15, -0.1) is 0 Å². The van der Waals surface area contributed by atoms with Gasteiger partial charge in [-0.3, -0.25) is 10.2 Å². The van der Waals surface area contributed by atoms with E-state index in [-0.39, 0.29) is 5.91 Å². The second kappa shape index (κ2) is 5.91. The molecule has 0 spiro atoms. The highest BCUT2D eigenvalue weighted by atomic mass is 32.1. The maximum Gasteiger partial charge on any atom is 0.234 e. The number of thiol groups is 1. The molecule has 1 amide bonds. The summed E-state index contributed by atoms with van der Waals surface area (Å²) in [5.41, 5.74) is 5.19. The topological polar surface area (TPSA) is 41.1 Å². The minimum absolute atomic E-state index is 0.00755. The normalized spacial score (nSPS) is 9.11. The van der Waals surface area contributed by atoms with Gasteiger partial charge in [0.15, 0.2) is 0 Å². The van der Waals surface area contributed by atoms with Gasteiger partial charge in [-0.25, -0.2) is 5.43 Å². The fourth-order valence-corrected chi connectivity index (χ4v) is 0.554. The fourth-order valence-electron chi connectivity index (χ4n) is 0.351. The molecular weight excluding hydrogens is 136 g/mol. The number of nitrogens with one attached hydrogen (secondary N) is 2. The van der Waals surface area contributed by atoms with Crippen LogP contribution in [0.3, 0.4) is 0 Å². The molecule has 0 heterocycles. The highest BCUT2D eigenvalue weighted by Crippen LogP contribution is 1.80. The van der Waals surface area contributed by atoms with E-state index in [9.17, 15) is 4.79 Å². The van der Waals surface area contributed by atoms with E-state index >= 15 is 0 Å². The van der Waals surface area contributed by atoms with Gasteiger partial charge >= 0.3 is 0 Å². The smallest absolute Gasteiger partial charge is 0.234 e. The number of carbonyl (C=O) groups is 1. The van der Waals surface area contributed by atoms with Crippen molar-refractivity contribution in [3.05, 3.63) is 0 Å². The molecular formula is C5H12N2OS. The standard InChI is InChI=1S/C5H12N2OS/c1-2-6-7-5(8)3-4-9/h6,9H,2-4H2,1H3,(H,7,8). The second-order valence-corrected chi connectivity index (χ2v) is 2.00. The molecule has 9 heavy (non-hydrogen) atoms. The molecule has 2 N–H and O–H groups in total. The summed E-state index contributed by atoms with van der Waals surface area (Å²) in [5.74, 6) is 0.587. The lowest BCUT2D eigenvalue weighted by Crippen LogP contribution is -2.37. The third-order valence-electron chi connectivity index (χ3n) is 0.743. The number of rotatable bonds is 4. The fraction of sp³-hybridized carbons (Fsp3) is 0.800. The van der Waals surface area contributed by atoms with E-state index in [1.54, 1.807) is 0 Å². The average Bonchev–Trinajstić information content (AvgIpc) is 1.85. The van der Waals surface area contributed by atoms with Crippen LogP contribution >= 0.6 is 12.6 Å². The second-order valence-electron chi connectivity index (χ2n) is 1.55. The van der Waals surface area contributed by atoms with Crippen molar-refractivity contribution < 1.29 is 4.79 Å². The summed E-state index contributed by atoms with van der Waals surface area (Å²) in [5, 5.41) is 0. The molecule has 0 atom stereocenters. The Hall–Kier alpha value is -0.220. The molecule has 0 aromatic heterocycles. The molecule has 0 saturated heterocycles. The van der Waals surface area contributed by atoms with E-state index < -0.39 is 0 Å². The SMILES string of the molecule is CCNNC(=O)CCS. The van der Waals surface area contributed by atoms with Gasteiger partial charge in [0.1, 0.15) is 0 Å². The third-order valence-corrected chi connectivity index (χ3v) is 0.967. The molecule has 4 heteroatoms. The lowest BCUT2D eigenvalue weighted by atomic mass is 10.5. The Morgan fingerprint density at radius 3 is 2.78 bits per heavy atom. The van der Waals surface area contributed by atoms with Crippen LogP contribution in [0.15, 0.2) is 0 Å². The van der Waals surface area contributed by atoms with Crippen molar-refractivity contribution in [3.8, 4) is 0 Å². The Morgan fingerprint density at radius 2 is 2.33 bits per heavy atom. The van der Waals surface area contributed by atoms with E-state index in [0.717, 1.165) is 6.54 Å². The van der Waals surface area contributed by atoms with Crippen molar-refractivity contribution in [1.29, 1.82) is 0 Å². The average molecular weight is 148 g/mol. The van der Waals surface area contributed by atoms with Gasteiger partial charge in [0.25, 0.3) is 0 Å². The summed E-state index contributed by atoms with van der Waals surface area (Å²) >= 11 is 3.89. The van der Waals surface area contributed by atoms with Crippen molar-refractivity contribution in [2.24, 2.45) is 0 Å². The Labute approximate surface area is 60.6 Å². The maximum absolute atomic E-state index is 10.6. The quantitative estimate of drug-likeness (QED) is 0.386. The highest BCUT2D eigenvalue weighted by Gasteiger charge is 1.94. The van der Waals surface area contributed by atoms with Crippen molar-refractivity contribution in [3.63, 3.8) is 0 Å². The van der Waals surface area contributed by atoms with Crippen LogP contribution in [0.5, 0.6) is 0 Å². The van der Waals surface area contributed by atoms with E-state index in [4.69, 9.17) is 0 Å². The number of amides is 1. The van der Waals surface area contributed by atoms with Gasteiger partial charge in [-0.2, -0.15) is 12.6 Å². The molecule has 0 aliphatic rings. The summed E-state index contributed by atoms with van der Waals surface area (Å²) in [7, 11) is 0. The van der Waals surface area contributed by atoms with Crippen molar-refractivity contribution in [2.75, 3.05) is 12.3 Å². The zero-order valence-electron chi connectivity index (χ0n) is 5.48. The molecule has 0 aromatic carbocycles. The minimum Gasteiger partial charge on any atom is -0.292 e. The van der Waals surface area contributed by atoms with Crippen LogP contribution < -0.4 is 10.9 Å². The molecule has 0 aromatic rings. The van der Waals surface area contributed by atoms with Crippen molar-refractivity contribution in [1.82, 2.24) is 10.9 Å². The Bertz CT molecular complexity index is 87.0. The molecule has 0 bridgehead atoms. The number of hydrogen-bond donors (Lipinski definition) is 3. The number of hydrogen-bond acceptors (Lipinski definition) is 3. The van der Waals surface area contributed by atoms with Gasteiger partial charge in [-0.1, -0.05) is 6.92 Å². The summed E-state index contributed by atoms with van der Waals surface area (Å²) in [6.07, 6.45) is 0.468. The van der Waals surface area contributed by atoms with E-state index in [1.165, 1.54) is 0 Å². The van der Waals surface area contributed by atoms with E-state index in [1.807, 2.05) is 6.92 Å². The lowest BCUT2D eigenvalue weighted by molar-refractivity contribution is -0.121. The zero-order valence-corrected chi connectivity index (χ0v) is 6.37. The zero-order chi connectivity index (χ0) is 7.11. The van der Waals surface area contributed by atoms with Crippen molar-refractivity contribution >= 4 is 18.5 Å². The van der Waals surface area contributed by atoms with Gasteiger partial charge in [0, 0.05) is 13.0 Å². The largest absolute Gasteiger partial charge is 0.292 e. The molecule has 54 valence electrons. The first-order valence-electron chi connectivity index (χ1n) is 2.93. The third kappa shape index (κ3) is 5.65. The molecule has 0 fully saturated rings. The first kappa shape index (κ1) is 8.78. The number of hydrazine groups is 1. The Morgan fingerprint density at radius 1 is 1.67 bits per heavy atom. The Kier molecular flexibility index (Phi) is 5.76. The number of carbonyl (C=O) groups excluding carboxylic acids is 1. The van der Waals surface area contributed by atoms with E-state index in [0.29, 0.717) is 12.2 Å². The molecule has 0 radical (unpaired) electrons. The van der Waals surface area contributed by atoms with Gasteiger partial charge in [0.05, 0.1) is 0 Å². The monoisotopic (exact) mass is 148 g/mol. The van der Waals surface area contributed by atoms with Crippen LogP contribution in [0, 0.1) is 0 Å². The molecule has 0 saturated carbocycles. The molecule has 0 aliphatic carbocycles. The summed E-state index contributed by atoms with van der Waals surface area (Å²) < 4.78 is 0. The first-order valence-corrected chi connectivity index (χ1v) is 3.57. The lowest BCUT2D eigenvalue weighted by Gasteiger charge is -2.01. The van der Waals surface area contributed by atoms with Gasteiger partial charge in [0.2, 0.25) is 5.91 Å². The van der Waals surface area contributed by atoms with Crippen molar-refractivity contribution in [2.45, 2.75) is 13.3 Å². The Balaban J connectivity index is 3.06. The van der Waals surface area contributed by atoms with Crippen LogP contribution in [0.1, 0.15) is 13.3 Å². The van der Waals surface area contributed by atoms with Crippen LogP contribution in [0.25, 0.3) is 0 Å². The predicted octanol–water partition coefficient (Wildman–Crippen LogP) is -0.0530. The van der Waals surface area contributed by atoms with Crippen LogP contribution in [0.4, 0.5) is 0 Å². The van der Waals surface area contributed by atoms with Gasteiger partial charge in [-0.05, 0) is 5.75 Å². The molecule has 0 aliphatic heterocycles. The summed E-state index contributed by atoms with van der Waals surface area (Å²) in [6, 6.07) is 0. The summed E-state index contributed by atoms with van der Waals surface area (Å²) in [6.45, 7) is 2.67. The minimum atomic E-state index is -0.00755. The van der Waals surface area contributed by atoms with E-state index in [2.05, 4.69) is 23.5 Å². The van der Waals surface area contributed by atoms with Gasteiger partial charge < -0.3 is 0 Å². The highest BCUT2D eigenvalue weighted by molar-refractivity contribution is 7.80. The van der Waals surface area contributed by atoms with Crippen LogP contribution in [0.2, 0.25) is 0 Å². The van der Waals surface area contributed by atoms with Crippen LogP contribution in [-0.4, -0.2) is 18.2 Å². The summed E-state index contributed by atoms with van der Waals surface area (Å²) in [4.78, 5) is 10.6. The molecule has 0 unspecified atom stereocenters. The molecule has 0 rings (SSSR count). The first-order chi connectivity index (χ1) is 4.31. The molecule has 3 nitrogen and oxygen atoms in total. The van der Waals surface area contributed by atoms with Crippen LogP contribution in [-0.2, 0) is 4.79 Å². The predicted molar refractivity (Wildman–Crippen MR) is 40.3 cm³/mol.